The van der Waals surface area contributed by atoms with Gasteiger partial charge in [0.05, 0.1) is 6.04 Å². The van der Waals surface area contributed by atoms with Gasteiger partial charge >= 0.3 is 0 Å². The zero-order valence-electron chi connectivity index (χ0n) is 11.9. The van der Waals surface area contributed by atoms with Gasteiger partial charge in [0.25, 0.3) is 5.91 Å². The highest BCUT2D eigenvalue weighted by Crippen LogP contribution is 2.28. The summed E-state index contributed by atoms with van der Waals surface area (Å²) in [7, 11) is 0. The number of nitrogens with one attached hydrogen (secondary N) is 1. The first-order chi connectivity index (χ1) is 10.6. The highest BCUT2D eigenvalue weighted by Gasteiger charge is 2.34. The Bertz CT molecular complexity index is 726. The first-order valence-electron chi connectivity index (χ1n) is 7.16. The SMILES string of the molecule is C=C1CC(F)C(NC(=O)c2nccc3ccccc23)CC1F. The number of alkyl halides is 2. The second kappa shape index (κ2) is 5.83. The standard InChI is InChI=1S/C17H16F2N2O/c1-10-8-14(19)15(9-13(10)18)21-17(22)16-12-5-3-2-4-11(12)6-7-20-16/h2-7,13-15H,1,8-9H2,(H,21,22). The fourth-order valence-electron chi connectivity index (χ4n) is 2.74. The van der Waals surface area contributed by atoms with E-state index >= 15 is 0 Å². The van der Waals surface area contributed by atoms with Crippen molar-refractivity contribution in [1.29, 1.82) is 0 Å². The largest absolute Gasteiger partial charge is 0.345 e. The molecule has 1 N–H and O–H groups in total. The van der Waals surface area contributed by atoms with Crippen LogP contribution in [0.3, 0.4) is 0 Å². The molecule has 1 aliphatic rings. The van der Waals surface area contributed by atoms with E-state index in [4.69, 9.17) is 0 Å². The summed E-state index contributed by atoms with van der Waals surface area (Å²) in [6, 6.07) is 8.27. The van der Waals surface area contributed by atoms with Crippen molar-refractivity contribution >= 4 is 16.7 Å². The zero-order valence-corrected chi connectivity index (χ0v) is 11.9. The lowest BCUT2D eigenvalue weighted by Gasteiger charge is -2.30. The van der Waals surface area contributed by atoms with E-state index in [9.17, 15) is 13.6 Å². The normalized spacial score (nSPS) is 25.2. The summed E-state index contributed by atoms with van der Waals surface area (Å²) < 4.78 is 27.7. The number of hydrogen-bond donors (Lipinski definition) is 1. The molecule has 0 bridgehead atoms. The second-order valence-corrected chi connectivity index (χ2v) is 5.54. The third-order valence-corrected chi connectivity index (χ3v) is 4.00. The molecule has 1 aromatic heterocycles. The highest BCUT2D eigenvalue weighted by atomic mass is 19.1. The van der Waals surface area contributed by atoms with Gasteiger partial charge in [-0.2, -0.15) is 0 Å². The van der Waals surface area contributed by atoms with Crippen LogP contribution in [0.15, 0.2) is 48.7 Å². The van der Waals surface area contributed by atoms with E-state index in [0.29, 0.717) is 5.39 Å². The molecule has 1 heterocycles. The molecule has 0 spiro atoms. The van der Waals surface area contributed by atoms with Crippen LogP contribution >= 0.6 is 0 Å². The average Bonchev–Trinajstić information content (AvgIpc) is 2.52. The van der Waals surface area contributed by atoms with Gasteiger partial charge in [0, 0.05) is 24.4 Å². The van der Waals surface area contributed by atoms with Crippen molar-refractivity contribution in [3.05, 3.63) is 54.4 Å². The topological polar surface area (TPSA) is 42.0 Å². The Labute approximate surface area is 127 Å². The Balaban J connectivity index is 1.83. The fraction of sp³-hybridized carbons (Fsp3) is 0.294. The monoisotopic (exact) mass is 302 g/mol. The van der Waals surface area contributed by atoms with Gasteiger partial charge in [-0.1, -0.05) is 30.8 Å². The van der Waals surface area contributed by atoms with E-state index in [2.05, 4.69) is 16.9 Å². The lowest BCUT2D eigenvalue weighted by molar-refractivity contribution is 0.0869. The molecule has 3 rings (SSSR count). The molecule has 1 saturated carbocycles. The fourth-order valence-corrected chi connectivity index (χ4v) is 2.74. The van der Waals surface area contributed by atoms with E-state index in [1.165, 1.54) is 6.20 Å². The van der Waals surface area contributed by atoms with Gasteiger partial charge in [0.15, 0.2) is 0 Å². The maximum Gasteiger partial charge on any atom is 0.270 e. The molecule has 5 heteroatoms. The van der Waals surface area contributed by atoms with Crippen LogP contribution < -0.4 is 5.32 Å². The molecular weight excluding hydrogens is 286 g/mol. The van der Waals surface area contributed by atoms with E-state index < -0.39 is 24.3 Å². The van der Waals surface area contributed by atoms with Crippen LogP contribution in [0, 0.1) is 0 Å². The number of amides is 1. The van der Waals surface area contributed by atoms with Crippen LogP contribution in [-0.2, 0) is 0 Å². The summed E-state index contributed by atoms with van der Waals surface area (Å²) in [6.07, 6.45) is -1.22. The minimum absolute atomic E-state index is 0.0604. The zero-order chi connectivity index (χ0) is 15.7. The van der Waals surface area contributed by atoms with E-state index in [0.717, 1.165) is 5.39 Å². The van der Waals surface area contributed by atoms with Crippen LogP contribution in [-0.4, -0.2) is 29.3 Å². The molecule has 1 amide bonds. The number of rotatable bonds is 2. The minimum atomic E-state index is -1.32. The maximum atomic E-state index is 14.0. The van der Waals surface area contributed by atoms with Crippen molar-refractivity contribution in [3.8, 4) is 0 Å². The van der Waals surface area contributed by atoms with Crippen LogP contribution in [0.2, 0.25) is 0 Å². The number of pyridine rings is 1. The molecule has 114 valence electrons. The van der Waals surface area contributed by atoms with Crippen LogP contribution in [0.5, 0.6) is 0 Å². The molecule has 3 atom stereocenters. The smallest absolute Gasteiger partial charge is 0.270 e. The molecule has 0 saturated heterocycles. The third-order valence-electron chi connectivity index (χ3n) is 4.00. The molecule has 1 aliphatic carbocycles. The Morgan fingerprint density at radius 3 is 2.86 bits per heavy atom. The number of halogens is 2. The van der Waals surface area contributed by atoms with Crippen molar-refractivity contribution in [2.45, 2.75) is 31.2 Å². The van der Waals surface area contributed by atoms with Crippen LogP contribution in [0.4, 0.5) is 8.78 Å². The van der Waals surface area contributed by atoms with Gasteiger partial charge < -0.3 is 5.32 Å². The van der Waals surface area contributed by atoms with Gasteiger partial charge in [-0.3, -0.25) is 9.78 Å². The number of carbonyl (C=O) groups is 1. The van der Waals surface area contributed by atoms with E-state index in [1.54, 1.807) is 18.2 Å². The maximum absolute atomic E-state index is 14.0. The summed E-state index contributed by atoms with van der Waals surface area (Å²) in [4.78, 5) is 16.5. The highest BCUT2D eigenvalue weighted by molar-refractivity contribution is 6.05. The van der Waals surface area contributed by atoms with Gasteiger partial charge in [0.2, 0.25) is 0 Å². The molecule has 1 fully saturated rings. The molecule has 3 unspecified atom stereocenters. The Morgan fingerprint density at radius 1 is 1.27 bits per heavy atom. The van der Waals surface area contributed by atoms with Crippen LogP contribution in [0.25, 0.3) is 10.8 Å². The lowest BCUT2D eigenvalue weighted by atomic mass is 9.88. The van der Waals surface area contributed by atoms with Gasteiger partial charge in [0.1, 0.15) is 18.0 Å². The van der Waals surface area contributed by atoms with Crippen molar-refractivity contribution in [3.63, 3.8) is 0 Å². The Kier molecular flexibility index (Phi) is 3.88. The second-order valence-electron chi connectivity index (χ2n) is 5.54. The number of carbonyl (C=O) groups excluding carboxylic acids is 1. The summed E-state index contributed by atoms with van der Waals surface area (Å²) >= 11 is 0. The molecular formula is C17H16F2N2O. The summed E-state index contributed by atoms with van der Waals surface area (Å²) in [5.74, 6) is -0.482. The van der Waals surface area contributed by atoms with Gasteiger partial charge in [-0.15, -0.1) is 0 Å². The summed E-state index contributed by atoms with van der Waals surface area (Å²) in [6.45, 7) is 3.52. The van der Waals surface area contributed by atoms with E-state index in [-0.39, 0.29) is 24.1 Å². The van der Waals surface area contributed by atoms with Crippen molar-refractivity contribution in [1.82, 2.24) is 10.3 Å². The number of hydrogen-bond acceptors (Lipinski definition) is 2. The Hall–Kier alpha value is -2.30. The number of benzene rings is 1. The van der Waals surface area contributed by atoms with Crippen molar-refractivity contribution in [2.24, 2.45) is 0 Å². The van der Waals surface area contributed by atoms with Crippen molar-refractivity contribution in [2.75, 3.05) is 0 Å². The predicted molar refractivity (Wildman–Crippen MR) is 81.2 cm³/mol. The number of fused-ring (bicyclic) bond motifs is 1. The Morgan fingerprint density at radius 2 is 2.05 bits per heavy atom. The first kappa shape index (κ1) is 14.6. The summed E-state index contributed by atoms with van der Waals surface area (Å²) in [5.41, 5.74) is 0.478. The molecule has 22 heavy (non-hydrogen) atoms. The molecule has 0 radical (unpaired) electrons. The quantitative estimate of drug-likeness (QED) is 0.864. The lowest BCUT2D eigenvalue weighted by Crippen LogP contribution is -2.46. The molecule has 2 aromatic rings. The van der Waals surface area contributed by atoms with Crippen molar-refractivity contribution < 1.29 is 13.6 Å². The minimum Gasteiger partial charge on any atom is -0.345 e. The predicted octanol–water partition coefficient (Wildman–Crippen LogP) is 3.36. The van der Waals surface area contributed by atoms with Gasteiger partial charge in [-0.05, 0) is 17.0 Å². The first-order valence-corrected chi connectivity index (χ1v) is 7.16. The molecule has 3 nitrogen and oxygen atoms in total. The number of aromatic nitrogens is 1. The average molecular weight is 302 g/mol. The summed E-state index contributed by atoms with van der Waals surface area (Å²) in [5, 5.41) is 4.14. The van der Waals surface area contributed by atoms with Crippen LogP contribution in [0.1, 0.15) is 23.3 Å². The number of allylic oxidation sites excluding steroid dienone is 1. The molecule has 1 aromatic carbocycles. The third kappa shape index (κ3) is 2.71. The molecule has 0 aliphatic heterocycles. The van der Waals surface area contributed by atoms with E-state index in [1.807, 2.05) is 12.1 Å². The number of nitrogens with zero attached hydrogens (tertiary/aromatic N) is 1. The van der Waals surface area contributed by atoms with Gasteiger partial charge in [-0.25, -0.2) is 8.78 Å².